The second kappa shape index (κ2) is 15.8. The fourth-order valence-corrected chi connectivity index (χ4v) is 12.5. The van der Waals surface area contributed by atoms with E-state index in [1.807, 2.05) is 24.5 Å². The van der Waals surface area contributed by atoms with Crippen molar-refractivity contribution in [2.24, 2.45) is 0 Å². The average molecular weight is 923 g/mol. The number of fused-ring (bicyclic) bond motifs is 6. The molecular weight excluding hydrogens is 873 g/mol. The molecule has 4 nitrogen and oxygen atoms in total. The highest BCUT2D eigenvalue weighted by Gasteiger charge is 2.40. The lowest BCUT2D eigenvalue weighted by atomic mass is 9.82. The number of hydrogen-bond donors (Lipinski definition) is 0. The van der Waals surface area contributed by atoms with Crippen LogP contribution in [0.3, 0.4) is 0 Å². The minimum absolute atomic E-state index is 0.165. The zero-order valence-corrected chi connectivity index (χ0v) is 40.7. The zero-order chi connectivity index (χ0) is 48.3. The van der Waals surface area contributed by atoms with Crippen LogP contribution in [0.1, 0.15) is 49.9 Å². The molecule has 10 aromatic carbocycles. The number of benzene rings is 10. The number of pyridine rings is 2. The fraction of sp³-hybridized carbons (Fsp3) is 0.0882. The van der Waals surface area contributed by atoms with Crippen molar-refractivity contribution < 1.29 is 0 Å². The van der Waals surface area contributed by atoms with Gasteiger partial charge in [-0.15, -0.1) is 0 Å². The molecule has 0 fully saturated rings. The Balaban J connectivity index is 1.04. The molecule has 342 valence electrons. The Bertz CT molecular complexity index is 3850. The van der Waals surface area contributed by atoms with Crippen molar-refractivity contribution in [3.05, 3.63) is 253 Å². The molecule has 2 heterocycles. The molecule has 0 aliphatic heterocycles. The van der Waals surface area contributed by atoms with Gasteiger partial charge >= 0.3 is 0 Å². The highest BCUT2D eigenvalue weighted by atomic mass is 15.2. The molecular formula is C68H50N4. The van der Waals surface area contributed by atoms with Crippen LogP contribution in [-0.4, -0.2) is 9.97 Å². The summed E-state index contributed by atoms with van der Waals surface area (Å²) < 4.78 is 0. The maximum absolute atomic E-state index is 4.80. The van der Waals surface area contributed by atoms with Crippen LogP contribution in [0.15, 0.2) is 231 Å². The van der Waals surface area contributed by atoms with Gasteiger partial charge in [0.1, 0.15) is 0 Å². The lowest BCUT2D eigenvalue weighted by Gasteiger charge is -2.32. The molecule has 14 rings (SSSR count). The summed E-state index contributed by atoms with van der Waals surface area (Å²) in [5, 5.41) is 7.28. The van der Waals surface area contributed by atoms with Crippen molar-refractivity contribution in [1.82, 2.24) is 9.97 Å². The van der Waals surface area contributed by atoms with E-state index in [0.29, 0.717) is 0 Å². The quantitative estimate of drug-likeness (QED) is 0.142. The molecule has 0 saturated carbocycles. The van der Waals surface area contributed by atoms with Crippen molar-refractivity contribution in [1.29, 1.82) is 0 Å². The molecule has 2 aromatic heterocycles. The first-order valence-electron chi connectivity index (χ1n) is 25.1. The second-order valence-electron chi connectivity index (χ2n) is 20.5. The minimum atomic E-state index is -0.165. The van der Waals surface area contributed by atoms with Crippen LogP contribution in [0.4, 0.5) is 34.1 Å². The first-order chi connectivity index (χ1) is 35.3. The van der Waals surface area contributed by atoms with Gasteiger partial charge in [0.15, 0.2) is 0 Å². The highest BCUT2D eigenvalue weighted by Crippen LogP contribution is 2.58. The lowest BCUT2D eigenvalue weighted by Crippen LogP contribution is -2.16. The summed E-state index contributed by atoms with van der Waals surface area (Å²) in [6.45, 7) is 9.46. The van der Waals surface area contributed by atoms with E-state index in [4.69, 9.17) is 9.97 Å². The van der Waals surface area contributed by atoms with Gasteiger partial charge in [0, 0.05) is 67.6 Å². The maximum atomic E-state index is 4.80. The molecule has 2 aliphatic rings. The molecule has 0 bridgehead atoms. The fourth-order valence-electron chi connectivity index (χ4n) is 12.5. The average Bonchev–Trinajstić information content (AvgIpc) is 3.82. The van der Waals surface area contributed by atoms with E-state index in [-0.39, 0.29) is 10.8 Å². The first-order valence-corrected chi connectivity index (χ1v) is 25.1. The number of aromatic nitrogens is 2. The standard InChI is InChI=1S/C68H50N4/c1-67(2)53-23-7-5-21-49(53)65-55(67)25-15-29-61(65)71(47-19-13-17-45(41-47)57-27-9-11-39-69-57)59-37-33-43-32-36-52-60(38-34-44-31-35-51(59)63(43)64(44)52)72(48-20-14-18-46(42-48)58-28-10-12-40-70-58)62-30-16-26-56-66(62)50-22-6-8-24-54(50)68(56,3)4/h5-42H,1-4H3. The number of nitrogens with zero attached hydrogens (tertiary/aromatic N) is 4. The monoisotopic (exact) mass is 922 g/mol. The van der Waals surface area contributed by atoms with E-state index >= 15 is 0 Å². The molecule has 0 radical (unpaired) electrons. The third-order valence-electron chi connectivity index (χ3n) is 15.9. The molecule has 2 aliphatic carbocycles. The van der Waals surface area contributed by atoms with Crippen LogP contribution in [0.2, 0.25) is 0 Å². The highest BCUT2D eigenvalue weighted by molar-refractivity contribution is 6.28. The van der Waals surface area contributed by atoms with E-state index < -0.39 is 0 Å². The van der Waals surface area contributed by atoms with Gasteiger partial charge in [-0.3, -0.25) is 9.97 Å². The summed E-state index contributed by atoms with van der Waals surface area (Å²) in [7, 11) is 0. The molecule has 0 unspecified atom stereocenters. The molecule has 4 heteroatoms. The van der Waals surface area contributed by atoms with Crippen LogP contribution in [0.25, 0.3) is 77.1 Å². The second-order valence-corrected chi connectivity index (χ2v) is 20.5. The van der Waals surface area contributed by atoms with E-state index in [1.54, 1.807) is 0 Å². The topological polar surface area (TPSA) is 32.3 Å². The van der Waals surface area contributed by atoms with Gasteiger partial charge < -0.3 is 9.80 Å². The van der Waals surface area contributed by atoms with Crippen LogP contribution >= 0.6 is 0 Å². The molecule has 0 spiro atoms. The number of anilines is 6. The summed E-state index contributed by atoms with van der Waals surface area (Å²) in [5.74, 6) is 0. The Hall–Kier alpha value is -8.86. The van der Waals surface area contributed by atoms with Gasteiger partial charge in [-0.2, -0.15) is 0 Å². The minimum Gasteiger partial charge on any atom is -0.309 e. The van der Waals surface area contributed by atoms with E-state index in [9.17, 15) is 0 Å². The molecule has 0 amide bonds. The third-order valence-corrected chi connectivity index (χ3v) is 15.9. The first kappa shape index (κ1) is 42.1. The normalized spacial score (nSPS) is 13.8. The SMILES string of the molecule is CC1(C)c2ccccc2-c2c(N(c3cccc(-c4ccccn4)c3)c3ccc4ccc5c(N(c6cccc(-c7ccccn7)c6)c6cccc7c6-c6ccccc6C7(C)C)ccc6ccc3c4c65)cccc21. The number of hydrogen-bond acceptors (Lipinski definition) is 4. The third kappa shape index (κ3) is 6.18. The van der Waals surface area contributed by atoms with Crippen molar-refractivity contribution in [3.8, 4) is 44.8 Å². The maximum Gasteiger partial charge on any atom is 0.0702 e. The van der Waals surface area contributed by atoms with Crippen molar-refractivity contribution in [2.45, 2.75) is 38.5 Å². The van der Waals surface area contributed by atoms with Gasteiger partial charge in [-0.25, -0.2) is 0 Å². The predicted octanol–water partition coefficient (Wildman–Crippen LogP) is 18.3. The Morgan fingerprint density at radius 3 is 1.18 bits per heavy atom. The summed E-state index contributed by atoms with van der Waals surface area (Å²) in [6.07, 6.45) is 3.75. The van der Waals surface area contributed by atoms with Crippen molar-refractivity contribution in [2.75, 3.05) is 9.80 Å². The molecule has 0 saturated heterocycles. The van der Waals surface area contributed by atoms with Gasteiger partial charge in [0.25, 0.3) is 0 Å². The van der Waals surface area contributed by atoms with Crippen molar-refractivity contribution >= 4 is 66.4 Å². The van der Waals surface area contributed by atoms with E-state index in [0.717, 1.165) is 56.6 Å². The molecule has 72 heavy (non-hydrogen) atoms. The van der Waals surface area contributed by atoms with Gasteiger partial charge in [0.05, 0.1) is 34.1 Å². The van der Waals surface area contributed by atoms with E-state index in [2.05, 4.69) is 244 Å². The Labute approximate surface area is 420 Å². The van der Waals surface area contributed by atoms with E-state index in [1.165, 1.54) is 76.8 Å². The number of rotatable bonds is 8. The van der Waals surface area contributed by atoms with Gasteiger partial charge in [-0.1, -0.05) is 173 Å². The summed E-state index contributed by atoms with van der Waals surface area (Å²) in [6, 6.07) is 80.5. The smallest absolute Gasteiger partial charge is 0.0702 e. The Morgan fingerprint density at radius 2 is 0.736 bits per heavy atom. The Morgan fingerprint density at radius 1 is 0.333 bits per heavy atom. The summed E-state index contributed by atoms with van der Waals surface area (Å²) in [5.41, 5.74) is 20.9. The van der Waals surface area contributed by atoms with Gasteiger partial charge in [0.2, 0.25) is 0 Å². The van der Waals surface area contributed by atoms with Crippen LogP contribution in [0, 0.1) is 0 Å². The molecule has 0 N–H and O–H groups in total. The molecule has 0 atom stereocenters. The summed E-state index contributed by atoms with van der Waals surface area (Å²) in [4.78, 5) is 14.6. The molecule has 12 aromatic rings. The zero-order valence-electron chi connectivity index (χ0n) is 40.7. The largest absolute Gasteiger partial charge is 0.309 e. The Kier molecular flexibility index (Phi) is 9.25. The predicted molar refractivity (Wildman–Crippen MR) is 301 cm³/mol. The van der Waals surface area contributed by atoms with Crippen molar-refractivity contribution in [3.63, 3.8) is 0 Å². The van der Waals surface area contributed by atoms with Crippen LogP contribution in [-0.2, 0) is 10.8 Å². The lowest BCUT2D eigenvalue weighted by molar-refractivity contribution is 0.660. The summed E-state index contributed by atoms with van der Waals surface area (Å²) >= 11 is 0. The van der Waals surface area contributed by atoms with Crippen LogP contribution < -0.4 is 9.80 Å². The van der Waals surface area contributed by atoms with Gasteiger partial charge in [-0.05, 0) is 128 Å². The van der Waals surface area contributed by atoms with Crippen LogP contribution in [0.5, 0.6) is 0 Å².